The lowest BCUT2D eigenvalue weighted by atomic mass is 9.95. The van der Waals surface area contributed by atoms with Gasteiger partial charge in [-0.2, -0.15) is 0 Å². The van der Waals surface area contributed by atoms with Crippen LogP contribution in [0.5, 0.6) is 0 Å². The smallest absolute Gasteiger partial charge is 0.0735 e. The van der Waals surface area contributed by atoms with Crippen LogP contribution in [0.15, 0.2) is 28.7 Å². The average molecular weight is 293 g/mol. The largest absolute Gasteiger partial charge is 0.391 e. The third-order valence-electron chi connectivity index (χ3n) is 2.65. The predicted molar refractivity (Wildman–Crippen MR) is 67.4 cm³/mol. The van der Waals surface area contributed by atoms with Crippen molar-refractivity contribution in [3.8, 4) is 0 Å². The first kappa shape index (κ1) is 13.0. The van der Waals surface area contributed by atoms with E-state index in [9.17, 15) is 5.11 Å². The van der Waals surface area contributed by atoms with E-state index in [1.165, 1.54) is 5.56 Å². The fourth-order valence-corrected chi connectivity index (χ4v) is 2.15. The zero-order valence-corrected chi connectivity index (χ0v) is 10.7. The average Bonchev–Trinajstić information content (AvgIpc) is 2.20. The van der Waals surface area contributed by atoms with Crippen LogP contribution in [0.1, 0.15) is 24.4 Å². The second kappa shape index (κ2) is 5.85. The van der Waals surface area contributed by atoms with Crippen molar-refractivity contribution in [1.82, 2.24) is 5.32 Å². The van der Waals surface area contributed by atoms with Crippen LogP contribution in [0.2, 0.25) is 0 Å². The topological polar surface area (TPSA) is 32.3 Å². The van der Waals surface area contributed by atoms with Gasteiger partial charge in [0, 0.05) is 4.47 Å². The van der Waals surface area contributed by atoms with Crippen LogP contribution >= 0.6 is 28.3 Å². The maximum atomic E-state index is 9.82. The Bertz CT molecular complexity index is 304. The van der Waals surface area contributed by atoms with E-state index in [0.717, 1.165) is 23.9 Å². The Morgan fingerprint density at radius 2 is 1.93 bits per heavy atom. The minimum atomic E-state index is -0.245. The van der Waals surface area contributed by atoms with E-state index < -0.39 is 0 Å². The van der Waals surface area contributed by atoms with Gasteiger partial charge in [0.2, 0.25) is 0 Å². The van der Waals surface area contributed by atoms with Crippen molar-refractivity contribution in [3.63, 3.8) is 0 Å². The summed E-state index contributed by atoms with van der Waals surface area (Å²) in [5, 5.41) is 13.2. The highest BCUT2D eigenvalue weighted by Gasteiger charge is 2.23. The van der Waals surface area contributed by atoms with Gasteiger partial charge in [-0.25, -0.2) is 0 Å². The van der Waals surface area contributed by atoms with E-state index in [0.29, 0.717) is 0 Å². The molecule has 1 aromatic carbocycles. The number of halogens is 2. The number of nitrogens with one attached hydrogen (secondary N) is 1. The Morgan fingerprint density at radius 1 is 1.27 bits per heavy atom. The monoisotopic (exact) mass is 291 g/mol. The number of hydrogen-bond acceptors (Lipinski definition) is 2. The highest BCUT2D eigenvalue weighted by molar-refractivity contribution is 9.10. The fraction of sp³-hybridized carbons (Fsp3) is 0.455. The van der Waals surface area contributed by atoms with Crippen molar-refractivity contribution < 1.29 is 5.11 Å². The Balaban J connectivity index is 0.00000112. The van der Waals surface area contributed by atoms with Gasteiger partial charge in [0.1, 0.15) is 0 Å². The Hall–Kier alpha value is -0.0900. The van der Waals surface area contributed by atoms with Gasteiger partial charge in [0.15, 0.2) is 0 Å². The first-order valence-corrected chi connectivity index (χ1v) is 5.73. The summed E-state index contributed by atoms with van der Waals surface area (Å²) in [7, 11) is 0. The van der Waals surface area contributed by atoms with Gasteiger partial charge < -0.3 is 10.4 Å². The summed E-state index contributed by atoms with van der Waals surface area (Å²) in [6.07, 6.45) is 1.71. The first-order valence-electron chi connectivity index (χ1n) is 4.94. The van der Waals surface area contributed by atoms with Crippen molar-refractivity contribution in [2.45, 2.75) is 25.0 Å². The molecule has 1 heterocycles. The van der Waals surface area contributed by atoms with Crippen molar-refractivity contribution in [1.29, 1.82) is 0 Å². The van der Waals surface area contributed by atoms with E-state index in [2.05, 4.69) is 33.4 Å². The van der Waals surface area contributed by atoms with Crippen LogP contribution in [0.25, 0.3) is 0 Å². The van der Waals surface area contributed by atoms with Gasteiger partial charge in [0.25, 0.3) is 0 Å². The molecule has 84 valence electrons. The van der Waals surface area contributed by atoms with Gasteiger partial charge in [0.05, 0.1) is 12.1 Å². The van der Waals surface area contributed by atoms with Crippen molar-refractivity contribution in [2.24, 2.45) is 0 Å². The van der Waals surface area contributed by atoms with Gasteiger partial charge in [-0.1, -0.05) is 28.1 Å². The molecule has 0 spiro atoms. The van der Waals surface area contributed by atoms with Crippen molar-refractivity contribution >= 4 is 28.3 Å². The van der Waals surface area contributed by atoms with Crippen LogP contribution in [0.3, 0.4) is 0 Å². The summed E-state index contributed by atoms with van der Waals surface area (Å²) < 4.78 is 1.08. The van der Waals surface area contributed by atoms with E-state index >= 15 is 0 Å². The molecular formula is C11H15BrClNO. The van der Waals surface area contributed by atoms with Crippen molar-refractivity contribution in [2.75, 3.05) is 6.54 Å². The molecule has 2 rings (SSSR count). The van der Waals surface area contributed by atoms with Crippen LogP contribution < -0.4 is 5.32 Å². The van der Waals surface area contributed by atoms with E-state index in [1.807, 2.05) is 12.1 Å². The standard InChI is InChI=1S/C11H14BrNO.ClH/c12-9-5-3-8(4-6-9)11-10(14)2-1-7-13-11;/h3-6,10-11,13-14H,1-2,7H2;1H. The van der Waals surface area contributed by atoms with Crippen LogP contribution in [0.4, 0.5) is 0 Å². The molecule has 0 saturated carbocycles. The number of benzene rings is 1. The zero-order chi connectivity index (χ0) is 9.97. The second-order valence-electron chi connectivity index (χ2n) is 3.69. The fourth-order valence-electron chi connectivity index (χ4n) is 1.88. The Labute approximate surface area is 105 Å². The molecule has 15 heavy (non-hydrogen) atoms. The molecule has 1 aliphatic rings. The lowest BCUT2D eigenvalue weighted by Gasteiger charge is -2.29. The maximum absolute atomic E-state index is 9.82. The molecular weight excluding hydrogens is 277 g/mol. The minimum absolute atomic E-state index is 0. The number of aliphatic hydroxyl groups is 1. The molecule has 0 amide bonds. The van der Waals surface area contributed by atoms with Crippen LogP contribution in [-0.4, -0.2) is 17.8 Å². The minimum Gasteiger partial charge on any atom is -0.391 e. The highest BCUT2D eigenvalue weighted by atomic mass is 79.9. The molecule has 1 fully saturated rings. The van der Waals surface area contributed by atoms with E-state index in [4.69, 9.17) is 0 Å². The first-order chi connectivity index (χ1) is 6.77. The third-order valence-corrected chi connectivity index (χ3v) is 3.18. The highest BCUT2D eigenvalue weighted by Crippen LogP contribution is 2.24. The Kier molecular flexibility index (Phi) is 5.06. The van der Waals surface area contributed by atoms with Gasteiger partial charge in [-0.15, -0.1) is 12.4 Å². The summed E-state index contributed by atoms with van der Waals surface area (Å²) in [5.41, 5.74) is 1.17. The molecule has 2 N–H and O–H groups in total. The van der Waals surface area contributed by atoms with Gasteiger partial charge in [-0.3, -0.25) is 0 Å². The summed E-state index contributed by atoms with van der Waals surface area (Å²) >= 11 is 3.40. The molecule has 0 aliphatic carbocycles. The van der Waals surface area contributed by atoms with Crippen LogP contribution in [-0.2, 0) is 0 Å². The summed E-state index contributed by atoms with van der Waals surface area (Å²) in [5.74, 6) is 0. The normalized spacial score (nSPS) is 25.7. The molecule has 2 atom stereocenters. The quantitative estimate of drug-likeness (QED) is 0.834. The lowest BCUT2D eigenvalue weighted by Crippen LogP contribution is -2.37. The summed E-state index contributed by atoms with van der Waals surface area (Å²) in [4.78, 5) is 0. The number of aliphatic hydroxyl groups excluding tert-OH is 1. The molecule has 0 bridgehead atoms. The third kappa shape index (κ3) is 3.18. The molecule has 4 heteroatoms. The van der Waals surface area contributed by atoms with Crippen LogP contribution in [0, 0.1) is 0 Å². The van der Waals surface area contributed by atoms with E-state index in [-0.39, 0.29) is 24.6 Å². The van der Waals surface area contributed by atoms with Gasteiger partial charge in [-0.05, 0) is 37.1 Å². The molecule has 2 unspecified atom stereocenters. The number of hydrogen-bond donors (Lipinski definition) is 2. The molecule has 1 aromatic rings. The molecule has 1 saturated heterocycles. The maximum Gasteiger partial charge on any atom is 0.0735 e. The lowest BCUT2D eigenvalue weighted by molar-refractivity contribution is 0.0965. The summed E-state index contributed by atoms with van der Waals surface area (Å²) in [6.45, 7) is 0.998. The summed E-state index contributed by atoms with van der Waals surface area (Å²) in [6, 6.07) is 8.24. The Morgan fingerprint density at radius 3 is 2.53 bits per heavy atom. The van der Waals surface area contributed by atoms with Gasteiger partial charge >= 0.3 is 0 Å². The molecule has 0 radical (unpaired) electrons. The van der Waals surface area contributed by atoms with Crippen molar-refractivity contribution in [3.05, 3.63) is 34.3 Å². The molecule has 1 aliphatic heterocycles. The predicted octanol–water partition coefficient (Wildman–Crippen LogP) is 2.66. The second-order valence-corrected chi connectivity index (χ2v) is 4.61. The molecule has 2 nitrogen and oxygen atoms in total. The number of rotatable bonds is 1. The number of piperidine rings is 1. The molecule has 0 aromatic heterocycles. The SMILES string of the molecule is Cl.OC1CCCNC1c1ccc(Br)cc1. The zero-order valence-electron chi connectivity index (χ0n) is 8.32. The van der Waals surface area contributed by atoms with E-state index in [1.54, 1.807) is 0 Å².